The van der Waals surface area contributed by atoms with Crippen molar-refractivity contribution in [3.8, 4) is 0 Å². The van der Waals surface area contributed by atoms with Crippen molar-refractivity contribution in [2.45, 2.75) is 32.2 Å². The Bertz CT molecular complexity index is 337. The Hall–Kier alpha value is -1.35. The van der Waals surface area contributed by atoms with Gasteiger partial charge in [0, 0.05) is 13.2 Å². The predicted molar refractivity (Wildman–Crippen MR) is 69.0 cm³/mol. The minimum atomic E-state index is -0.0736. The summed E-state index contributed by atoms with van der Waals surface area (Å²) in [6.07, 6.45) is 0.801. The Morgan fingerprint density at radius 3 is 2.53 bits per heavy atom. The molecule has 0 aliphatic carbocycles. The molecule has 0 heterocycles. The summed E-state index contributed by atoms with van der Waals surface area (Å²) >= 11 is 0. The molecule has 17 heavy (non-hydrogen) atoms. The average Bonchev–Trinajstić information content (AvgIpc) is 2.31. The highest BCUT2D eigenvalue weighted by Crippen LogP contribution is 2.19. The number of hydrogen-bond donors (Lipinski definition) is 1. The largest absolute Gasteiger partial charge is 0.383 e. The first-order valence-corrected chi connectivity index (χ1v) is 6.03. The first-order valence-electron chi connectivity index (χ1n) is 6.03. The van der Waals surface area contributed by atoms with Gasteiger partial charge in [-0.3, -0.25) is 4.79 Å². The normalized spacial score (nSPS) is 14.1. The standard InChI is InChI=1S/C14H21NO2/c1-4-13(12-8-6-5-7-9-12)14(16)15-11(2)10-17-3/h5-9,11,13H,4,10H2,1-3H3,(H,15,16)/t11-,13+/m0/s1. The van der Waals surface area contributed by atoms with Crippen molar-refractivity contribution in [2.75, 3.05) is 13.7 Å². The van der Waals surface area contributed by atoms with E-state index in [4.69, 9.17) is 4.74 Å². The Morgan fingerprint density at radius 1 is 1.35 bits per heavy atom. The number of nitrogens with one attached hydrogen (secondary N) is 1. The summed E-state index contributed by atoms with van der Waals surface area (Å²) in [6, 6.07) is 9.92. The monoisotopic (exact) mass is 235 g/mol. The Labute approximate surface area is 103 Å². The molecule has 0 bridgehead atoms. The van der Waals surface area contributed by atoms with E-state index in [0.717, 1.165) is 12.0 Å². The Kier molecular flexibility index (Phi) is 5.70. The molecule has 3 heteroatoms. The highest BCUT2D eigenvalue weighted by molar-refractivity contribution is 5.83. The summed E-state index contributed by atoms with van der Waals surface area (Å²) in [5, 5.41) is 2.97. The molecule has 94 valence electrons. The van der Waals surface area contributed by atoms with Crippen LogP contribution in [0.4, 0.5) is 0 Å². The third kappa shape index (κ3) is 4.19. The molecular formula is C14H21NO2. The molecule has 2 atom stereocenters. The molecule has 1 aromatic rings. The van der Waals surface area contributed by atoms with Crippen molar-refractivity contribution in [1.29, 1.82) is 0 Å². The van der Waals surface area contributed by atoms with Gasteiger partial charge in [0.1, 0.15) is 0 Å². The fourth-order valence-corrected chi connectivity index (χ4v) is 1.89. The molecule has 0 fully saturated rings. The van der Waals surface area contributed by atoms with Crippen molar-refractivity contribution in [2.24, 2.45) is 0 Å². The smallest absolute Gasteiger partial charge is 0.227 e. The number of amides is 1. The number of hydrogen-bond acceptors (Lipinski definition) is 2. The summed E-state index contributed by atoms with van der Waals surface area (Å²) in [5.74, 6) is -0.00115. The maximum absolute atomic E-state index is 12.1. The zero-order valence-corrected chi connectivity index (χ0v) is 10.8. The van der Waals surface area contributed by atoms with Crippen LogP contribution in [0.15, 0.2) is 30.3 Å². The van der Waals surface area contributed by atoms with Crippen LogP contribution >= 0.6 is 0 Å². The number of benzene rings is 1. The van der Waals surface area contributed by atoms with Crippen LogP contribution in [0, 0.1) is 0 Å². The molecule has 1 rings (SSSR count). The second-order valence-electron chi connectivity index (χ2n) is 4.24. The van der Waals surface area contributed by atoms with Crippen LogP contribution in [0.5, 0.6) is 0 Å². The van der Waals surface area contributed by atoms with E-state index >= 15 is 0 Å². The topological polar surface area (TPSA) is 38.3 Å². The van der Waals surface area contributed by atoms with E-state index < -0.39 is 0 Å². The van der Waals surface area contributed by atoms with Gasteiger partial charge >= 0.3 is 0 Å². The lowest BCUT2D eigenvalue weighted by Crippen LogP contribution is -2.38. The van der Waals surface area contributed by atoms with Crippen molar-refractivity contribution in [1.82, 2.24) is 5.32 Å². The van der Waals surface area contributed by atoms with Crippen LogP contribution in [0.25, 0.3) is 0 Å². The molecule has 0 unspecified atom stereocenters. The van der Waals surface area contributed by atoms with E-state index in [2.05, 4.69) is 5.32 Å². The lowest BCUT2D eigenvalue weighted by molar-refractivity contribution is -0.123. The van der Waals surface area contributed by atoms with Gasteiger partial charge in [0.15, 0.2) is 0 Å². The van der Waals surface area contributed by atoms with Crippen LogP contribution in [-0.4, -0.2) is 25.7 Å². The number of ether oxygens (including phenoxy) is 1. The third-order valence-corrected chi connectivity index (χ3v) is 2.73. The first-order chi connectivity index (χ1) is 8.19. The van der Waals surface area contributed by atoms with E-state index in [-0.39, 0.29) is 17.9 Å². The van der Waals surface area contributed by atoms with Crippen molar-refractivity contribution in [3.63, 3.8) is 0 Å². The van der Waals surface area contributed by atoms with E-state index in [9.17, 15) is 4.79 Å². The summed E-state index contributed by atoms with van der Waals surface area (Å²) in [6.45, 7) is 4.51. The maximum Gasteiger partial charge on any atom is 0.227 e. The van der Waals surface area contributed by atoms with Crippen LogP contribution in [0.2, 0.25) is 0 Å². The van der Waals surface area contributed by atoms with E-state index in [1.165, 1.54) is 0 Å². The number of carbonyl (C=O) groups excluding carboxylic acids is 1. The Balaban J connectivity index is 2.65. The summed E-state index contributed by atoms with van der Waals surface area (Å²) in [7, 11) is 1.64. The molecular weight excluding hydrogens is 214 g/mol. The van der Waals surface area contributed by atoms with Crippen LogP contribution in [0.1, 0.15) is 31.7 Å². The van der Waals surface area contributed by atoms with Gasteiger partial charge in [0.25, 0.3) is 0 Å². The van der Waals surface area contributed by atoms with E-state index in [0.29, 0.717) is 6.61 Å². The van der Waals surface area contributed by atoms with Crippen LogP contribution in [-0.2, 0) is 9.53 Å². The molecule has 0 aliphatic heterocycles. The number of carbonyl (C=O) groups is 1. The second kappa shape index (κ2) is 7.07. The number of methoxy groups -OCH3 is 1. The number of rotatable bonds is 6. The van der Waals surface area contributed by atoms with Crippen LogP contribution in [0.3, 0.4) is 0 Å². The summed E-state index contributed by atoms with van der Waals surface area (Å²) < 4.78 is 5.01. The van der Waals surface area contributed by atoms with Gasteiger partial charge < -0.3 is 10.1 Å². The van der Waals surface area contributed by atoms with Crippen molar-refractivity contribution < 1.29 is 9.53 Å². The van der Waals surface area contributed by atoms with Gasteiger partial charge in [0.05, 0.1) is 12.5 Å². The molecule has 0 saturated carbocycles. The highest BCUT2D eigenvalue weighted by atomic mass is 16.5. The molecule has 0 aliphatic rings. The molecule has 1 amide bonds. The van der Waals surface area contributed by atoms with Gasteiger partial charge in [-0.1, -0.05) is 37.3 Å². The third-order valence-electron chi connectivity index (χ3n) is 2.73. The summed E-state index contributed by atoms with van der Waals surface area (Å²) in [4.78, 5) is 12.1. The predicted octanol–water partition coefficient (Wildman–Crippen LogP) is 2.33. The fraction of sp³-hybridized carbons (Fsp3) is 0.500. The van der Waals surface area contributed by atoms with Gasteiger partial charge in [0.2, 0.25) is 5.91 Å². The molecule has 0 radical (unpaired) electrons. The quantitative estimate of drug-likeness (QED) is 0.822. The van der Waals surface area contributed by atoms with Gasteiger partial charge in [-0.15, -0.1) is 0 Å². The van der Waals surface area contributed by atoms with Crippen molar-refractivity contribution >= 4 is 5.91 Å². The molecule has 0 aromatic heterocycles. The molecule has 1 N–H and O–H groups in total. The molecule has 1 aromatic carbocycles. The molecule has 3 nitrogen and oxygen atoms in total. The average molecular weight is 235 g/mol. The minimum absolute atomic E-state index is 0.0465. The molecule has 0 saturated heterocycles. The summed E-state index contributed by atoms with van der Waals surface area (Å²) in [5.41, 5.74) is 1.07. The van der Waals surface area contributed by atoms with E-state index in [1.807, 2.05) is 44.2 Å². The van der Waals surface area contributed by atoms with E-state index in [1.54, 1.807) is 7.11 Å². The molecule has 0 spiro atoms. The fourth-order valence-electron chi connectivity index (χ4n) is 1.89. The minimum Gasteiger partial charge on any atom is -0.383 e. The van der Waals surface area contributed by atoms with Gasteiger partial charge in [-0.2, -0.15) is 0 Å². The SMILES string of the molecule is CC[C@@H](C(=O)N[C@@H](C)COC)c1ccccc1. The first kappa shape index (κ1) is 13.7. The maximum atomic E-state index is 12.1. The zero-order chi connectivity index (χ0) is 12.7. The van der Waals surface area contributed by atoms with Gasteiger partial charge in [-0.25, -0.2) is 0 Å². The second-order valence-corrected chi connectivity index (χ2v) is 4.24. The zero-order valence-electron chi connectivity index (χ0n) is 10.8. The Morgan fingerprint density at radius 2 is 2.00 bits per heavy atom. The van der Waals surface area contributed by atoms with Gasteiger partial charge in [-0.05, 0) is 18.9 Å². The lowest BCUT2D eigenvalue weighted by atomic mass is 9.95. The van der Waals surface area contributed by atoms with Crippen molar-refractivity contribution in [3.05, 3.63) is 35.9 Å². The van der Waals surface area contributed by atoms with Crippen LogP contribution < -0.4 is 5.32 Å². The lowest BCUT2D eigenvalue weighted by Gasteiger charge is -2.19. The highest BCUT2D eigenvalue weighted by Gasteiger charge is 2.19.